The molecule has 0 spiro atoms. The first kappa shape index (κ1) is 8.43. The molecule has 0 aliphatic carbocycles. The molecule has 70 valence electrons. The molecular formula is C9H8N4O. The van der Waals surface area contributed by atoms with Gasteiger partial charge in [0.25, 0.3) is 0 Å². The summed E-state index contributed by atoms with van der Waals surface area (Å²) in [5.74, 6) is 0.634. The van der Waals surface area contributed by atoms with Gasteiger partial charge in [-0.25, -0.2) is 4.98 Å². The fraction of sp³-hybridized carbons (Fsp3) is 0. The van der Waals surface area contributed by atoms with Crippen LogP contribution in [0.25, 0.3) is 11.4 Å². The maximum absolute atomic E-state index is 10.3. The Morgan fingerprint density at radius 1 is 1.36 bits per heavy atom. The Kier molecular flexibility index (Phi) is 2.22. The molecule has 1 aromatic heterocycles. The number of hydrogen-bond acceptors (Lipinski definition) is 3. The Bertz CT molecular complexity index is 424. The fourth-order valence-electron chi connectivity index (χ4n) is 1.21. The number of amides is 1. The molecule has 0 radical (unpaired) electrons. The highest BCUT2D eigenvalue weighted by molar-refractivity contribution is 5.82. The van der Waals surface area contributed by atoms with Crippen LogP contribution in [0.5, 0.6) is 0 Å². The van der Waals surface area contributed by atoms with Gasteiger partial charge in [0.2, 0.25) is 6.41 Å². The molecule has 14 heavy (non-hydrogen) atoms. The first-order valence-corrected chi connectivity index (χ1v) is 4.07. The largest absolute Gasteiger partial charge is 0.328 e. The van der Waals surface area contributed by atoms with Crippen LogP contribution in [0.4, 0.5) is 5.69 Å². The molecule has 0 saturated carbocycles. The van der Waals surface area contributed by atoms with Crippen molar-refractivity contribution in [3.8, 4) is 11.4 Å². The maximum Gasteiger partial charge on any atom is 0.211 e. The van der Waals surface area contributed by atoms with Crippen molar-refractivity contribution in [1.29, 1.82) is 0 Å². The van der Waals surface area contributed by atoms with Crippen molar-refractivity contribution in [3.05, 3.63) is 30.6 Å². The average molecular weight is 188 g/mol. The monoisotopic (exact) mass is 188 g/mol. The van der Waals surface area contributed by atoms with Crippen LogP contribution in [0.15, 0.2) is 30.6 Å². The lowest BCUT2D eigenvalue weighted by Crippen LogP contribution is -1.96. The molecule has 0 bridgehead atoms. The smallest absolute Gasteiger partial charge is 0.211 e. The highest BCUT2D eigenvalue weighted by Gasteiger charge is 2.05. The second-order valence-electron chi connectivity index (χ2n) is 2.64. The number of nitrogens with one attached hydrogen (secondary N) is 2. The molecule has 0 saturated heterocycles. The average Bonchev–Trinajstić information content (AvgIpc) is 2.72. The van der Waals surface area contributed by atoms with Gasteiger partial charge in [-0.05, 0) is 12.1 Å². The summed E-state index contributed by atoms with van der Waals surface area (Å²) in [4.78, 5) is 14.3. The standard InChI is InChI=1S/C9H8N4O/c14-6-11-8-4-2-1-3-7(8)9-10-5-12-13-9/h1-6H,(H,11,14)(H,10,12,13). The number of H-pyrrole nitrogens is 1. The molecule has 2 N–H and O–H groups in total. The molecule has 1 aromatic carbocycles. The minimum Gasteiger partial charge on any atom is -0.328 e. The second kappa shape index (κ2) is 3.69. The van der Waals surface area contributed by atoms with Gasteiger partial charge < -0.3 is 5.32 Å². The molecule has 0 unspecified atom stereocenters. The zero-order chi connectivity index (χ0) is 9.80. The van der Waals surface area contributed by atoms with Crippen LogP contribution in [0.2, 0.25) is 0 Å². The van der Waals surface area contributed by atoms with Gasteiger partial charge in [0, 0.05) is 5.56 Å². The molecular weight excluding hydrogens is 180 g/mol. The summed E-state index contributed by atoms with van der Waals surface area (Å²) in [7, 11) is 0. The van der Waals surface area contributed by atoms with Gasteiger partial charge in [0.05, 0.1) is 5.69 Å². The highest BCUT2D eigenvalue weighted by atomic mass is 16.1. The normalized spacial score (nSPS) is 9.71. The Hall–Kier alpha value is -2.17. The Morgan fingerprint density at radius 3 is 2.93 bits per heavy atom. The molecule has 2 aromatic rings. The van der Waals surface area contributed by atoms with Crippen LogP contribution in [0, 0.1) is 0 Å². The summed E-state index contributed by atoms with van der Waals surface area (Å²) < 4.78 is 0. The van der Waals surface area contributed by atoms with E-state index in [9.17, 15) is 4.79 Å². The highest BCUT2D eigenvalue weighted by Crippen LogP contribution is 2.23. The van der Waals surface area contributed by atoms with E-state index in [-0.39, 0.29) is 0 Å². The molecule has 0 aliphatic rings. The lowest BCUT2D eigenvalue weighted by molar-refractivity contribution is -0.105. The number of para-hydroxylation sites is 1. The van der Waals surface area contributed by atoms with Gasteiger partial charge in [-0.1, -0.05) is 12.1 Å². The topological polar surface area (TPSA) is 70.7 Å². The molecule has 1 amide bonds. The third kappa shape index (κ3) is 1.47. The number of anilines is 1. The van der Waals surface area contributed by atoms with Crippen LogP contribution in [-0.2, 0) is 4.79 Å². The Balaban J connectivity index is 2.46. The number of benzene rings is 1. The van der Waals surface area contributed by atoms with E-state index in [0.717, 1.165) is 5.56 Å². The Morgan fingerprint density at radius 2 is 2.21 bits per heavy atom. The van der Waals surface area contributed by atoms with E-state index in [1.165, 1.54) is 6.33 Å². The number of carbonyl (C=O) groups is 1. The zero-order valence-electron chi connectivity index (χ0n) is 7.27. The first-order valence-electron chi connectivity index (χ1n) is 4.07. The van der Waals surface area contributed by atoms with E-state index in [1.807, 2.05) is 18.2 Å². The van der Waals surface area contributed by atoms with E-state index in [0.29, 0.717) is 17.9 Å². The molecule has 5 nitrogen and oxygen atoms in total. The van der Waals surface area contributed by atoms with Gasteiger partial charge in [-0.15, -0.1) is 0 Å². The maximum atomic E-state index is 10.3. The van der Waals surface area contributed by atoms with Crippen molar-refractivity contribution >= 4 is 12.1 Å². The predicted octanol–water partition coefficient (Wildman–Crippen LogP) is 1.04. The molecule has 5 heteroatoms. The number of rotatable bonds is 3. The van der Waals surface area contributed by atoms with E-state index >= 15 is 0 Å². The first-order chi connectivity index (χ1) is 6.92. The summed E-state index contributed by atoms with van der Waals surface area (Å²) in [6.45, 7) is 0. The van der Waals surface area contributed by atoms with E-state index in [4.69, 9.17) is 0 Å². The number of aromatic amines is 1. The van der Waals surface area contributed by atoms with Crippen molar-refractivity contribution in [2.24, 2.45) is 0 Å². The third-order valence-electron chi connectivity index (χ3n) is 1.81. The number of carbonyl (C=O) groups excluding carboxylic acids is 1. The van der Waals surface area contributed by atoms with E-state index in [2.05, 4.69) is 20.5 Å². The van der Waals surface area contributed by atoms with E-state index < -0.39 is 0 Å². The van der Waals surface area contributed by atoms with Crippen LogP contribution >= 0.6 is 0 Å². The molecule has 0 aliphatic heterocycles. The lowest BCUT2D eigenvalue weighted by atomic mass is 10.1. The second-order valence-corrected chi connectivity index (χ2v) is 2.64. The van der Waals surface area contributed by atoms with Crippen molar-refractivity contribution in [1.82, 2.24) is 15.2 Å². The van der Waals surface area contributed by atoms with Crippen LogP contribution in [0.3, 0.4) is 0 Å². The summed E-state index contributed by atoms with van der Waals surface area (Å²) in [5, 5.41) is 9.08. The summed E-state index contributed by atoms with van der Waals surface area (Å²) in [6.07, 6.45) is 2.06. The predicted molar refractivity (Wildman–Crippen MR) is 51.5 cm³/mol. The van der Waals surface area contributed by atoms with Crippen molar-refractivity contribution in [3.63, 3.8) is 0 Å². The minimum atomic E-state index is 0.634. The van der Waals surface area contributed by atoms with Crippen molar-refractivity contribution in [2.45, 2.75) is 0 Å². The molecule has 2 rings (SSSR count). The van der Waals surface area contributed by atoms with Crippen molar-refractivity contribution in [2.75, 3.05) is 5.32 Å². The number of hydrogen-bond donors (Lipinski definition) is 2. The van der Waals surface area contributed by atoms with Crippen molar-refractivity contribution < 1.29 is 4.79 Å². The zero-order valence-corrected chi connectivity index (χ0v) is 7.27. The van der Waals surface area contributed by atoms with Crippen LogP contribution < -0.4 is 5.32 Å². The van der Waals surface area contributed by atoms with Gasteiger partial charge in [-0.3, -0.25) is 9.89 Å². The number of aromatic nitrogens is 3. The summed E-state index contributed by atoms with van der Waals surface area (Å²) in [5.41, 5.74) is 1.52. The summed E-state index contributed by atoms with van der Waals surface area (Å²) >= 11 is 0. The molecule has 0 atom stereocenters. The fourth-order valence-corrected chi connectivity index (χ4v) is 1.21. The molecule has 0 fully saturated rings. The van der Waals surface area contributed by atoms with Gasteiger partial charge >= 0.3 is 0 Å². The van der Waals surface area contributed by atoms with Gasteiger partial charge in [0.1, 0.15) is 6.33 Å². The Labute approximate surface area is 80.2 Å². The van der Waals surface area contributed by atoms with Crippen LogP contribution in [0.1, 0.15) is 0 Å². The van der Waals surface area contributed by atoms with Gasteiger partial charge in [0.15, 0.2) is 5.82 Å². The molecule has 1 heterocycles. The lowest BCUT2D eigenvalue weighted by Gasteiger charge is -2.03. The number of nitrogens with zero attached hydrogens (tertiary/aromatic N) is 2. The third-order valence-corrected chi connectivity index (χ3v) is 1.81. The summed E-state index contributed by atoms with van der Waals surface area (Å²) in [6, 6.07) is 7.36. The van der Waals surface area contributed by atoms with Gasteiger partial charge in [-0.2, -0.15) is 5.10 Å². The minimum absolute atomic E-state index is 0.634. The quantitative estimate of drug-likeness (QED) is 0.707. The SMILES string of the molecule is O=CNc1ccccc1-c1ncn[nH]1. The van der Waals surface area contributed by atoms with Crippen LogP contribution in [-0.4, -0.2) is 21.6 Å². The van der Waals surface area contributed by atoms with E-state index in [1.54, 1.807) is 6.07 Å².